The zero-order chi connectivity index (χ0) is 28.4. The lowest BCUT2D eigenvalue weighted by Gasteiger charge is -2.26. The first-order chi connectivity index (χ1) is 19.4. The lowest BCUT2D eigenvalue weighted by atomic mass is 9.97. The van der Waals surface area contributed by atoms with Crippen LogP contribution in [0, 0.1) is 6.92 Å². The van der Waals surface area contributed by atoms with Crippen molar-refractivity contribution >= 4 is 16.9 Å². The van der Waals surface area contributed by atoms with Gasteiger partial charge in [-0.1, -0.05) is 23.8 Å². The third kappa shape index (κ3) is 4.85. The minimum Gasteiger partial charge on any atom is -0.493 e. The van der Waals surface area contributed by atoms with Crippen LogP contribution in [0.1, 0.15) is 52.7 Å². The summed E-state index contributed by atoms with van der Waals surface area (Å²) in [6.45, 7) is 6.99. The number of ether oxygens (including phenoxy) is 4. The van der Waals surface area contributed by atoms with Crippen LogP contribution in [0.3, 0.4) is 0 Å². The third-order valence-electron chi connectivity index (χ3n) is 7.09. The largest absolute Gasteiger partial charge is 0.493 e. The predicted molar refractivity (Wildman–Crippen MR) is 152 cm³/mol. The Hall–Kier alpha value is -4.46. The topological polar surface area (TPSA) is 87.4 Å². The molecule has 0 spiro atoms. The number of benzene rings is 3. The average Bonchev–Trinajstić information content (AvgIpc) is 3.24. The minimum atomic E-state index is -0.654. The van der Waals surface area contributed by atoms with E-state index in [0.29, 0.717) is 65.7 Å². The summed E-state index contributed by atoms with van der Waals surface area (Å²) >= 11 is 0. The predicted octanol–water partition coefficient (Wildman–Crippen LogP) is 5.70. The van der Waals surface area contributed by atoms with Gasteiger partial charge in [0.25, 0.3) is 5.91 Å². The molecule has 0 aliphatic carbocycles. The highest BCUT2D eigenvalue weighted by Gasteiger charge is 2.42. The smallest absolute Gasteiger partial charge is 0.290 e. The molecule has 1 unspecified atom stereocenters. The normalized spacial score (nSPS) is 14.4. The zero-order valence-electron chi connectivity index (χ0n) is 23.4. The maximum absolute atomic E-state index is 13.9. The monoisotopic (exact) mass is 543 g/mol. The molecular weight excluding hydrogens is 510 g/mol. The Morgan fingerprint density at radius 3 is 2.27 bits per heavy atom. The molecule has 0 bridgehead atoms. The van der Waals surface area contributed by atoms with Crippen LogP contribution in [0.15, 0.2) is 63.8 Å². The molecule has 0 saturated carbocycles. The van der Waals surface area contributed by atoms with E-state index in [1.54, 1.807) is 31.3 Å². The molecule has 4 aromatic rings. The molecule has 40 heavy (non-hydrogen) atoms. The van der Waals surface area contributed by atoms with Gasteiger partial charge in [0.05, 0.1) is 44.4 Å². The van der Waals surface area contributed by atoms with Crippen LogP contribution < -0.4 is 24.4 Å². The molecule has 3 aromatic carbocycles. The number of amides is 1. The molecule has 0 fully saturated rings. The number of nitrogens with zero attached hydrogens (tertiary/aromatic N) is 1. The number of carbonyl (C=O) groups excluding carboxylic acids is 1. The fraction of sp³-hybridized carbons (Fsp3) is 0.312. The summed E-state index contributed by atoms with van der Waals surface area (Å²) in [6, 6.07) is 16.0. The van der Waals surface area contributed by atoms with Crippen LogP contribution in [0.4, 0.5) is 0 Å². The quantitative estimate of drug-likeness (QED) is 0.253. The van der Waals surface area contributed by atoms with Crippen LogP contribution in [-0.4, -0.2) is 44.8 Å². The van der Waals surface area contributed by atoms with E-state index in [1.165, 1.54) is 0 Å². The SMILES string of the molecule is CCOc1ccc(C2c3c(oc4ccc(C)cc4c3=O)C(=O)N2CCc2ccc(OC)c(OC)c2)cc1OCC. The number of rotatable bonds is 10. The second kappa shape index (κ2) is 11.3. The molecule has 1 amide bonds. The summed E-state index contributed by atoms with van der Waals surface area (Å²) in [5.41, 5.74) is 3.16. The van der Waals surface area contributed by atoms with Gasteiger partial charge in [0, 0.05) is 6.54 Å². The fourth-order valence-electron chi connectivity index (χ4n) is 5.23. The molecule has 1 aromatic heterocycles. The third-order valence-corrected chi connectivity index (χ3v) is 7.09. The summed E-state index contributed by atoms with van der Waals surface area (Å²) < 4.78 is 28.6. The summed E-state index contributed by atoms with van der Waals surface area (Å²) in [6.07, 6.45) is 0.527. The highest BCUT2D eigenvalue weighted by Crippen LogP contribution is 2.41. The molecule has 2 heterocycles. The van der Waals surface area contributed by atoms with Gasteiger partial charge in [-0.2, -0.15) is 0 Å². The van der Waals surface area contributed by atoms with Crippen molar-refractivity contribution in [1.29, 1.82) is 0 Å². The van der Waals surface area contributed by atoms with E-state index < -0.39 is 6.04 Å². The molecule has 8 heteroatoms. The Morgan fingerprint density at radius 1 is 0.825 bits per heavy atom. The molecule has 5 rings (SSSR count). The number of hydrogen-bond donors (Lipinski definition) is 0. The Kier molecular flexibility index (Phi) is 7.69. The van der Waals surface area contributed by atoms with E-state index >= 15 is 0 Å². The number of methoxy groups -OCH3 is 2. The number of fused-ring (bicyclic) bond motifs is 2. The second-order valence-electron chi connectivity index (χ2n) is 9.59. The maximum Gasteiger partial charge on any atom is 0.290 e. The lowest BCUT2D eigenvalue weighted by molar-refractivity contribution is 0.0729. The molecule has 208 valence electrons. The van der Waals surface area contributed by atoms with Gasteiger partial charge >= 0.3 is 0 Å². The first-order valence-electron chi connectivity index (χ1n) is 13.4. The van der Waals surface area contributed by atoms with Gasteiger partial charge in [-0.05, 0) is 74.7 Å². The lowest BCUT2D eigenvalue weighted by Crippen LogP contribution is -2.31. The molecule has 0 saturated heterocycles. The van der Waals surface area contributed by atoms with Crippen molar-refractivity contribution in [2.24, 2.45) is 0 Å². The van der Waals surface area contributed by atoms with Gasteiger partial charge < -0.3 is 28.3 Å². The van der Waals surface area contributed by atoms with Gasteiger partial charge in [0.2, 0.25) is 5.76 Å². The van der Waals surface area contributed by atoms with E-state index in [9.17, 15) is 9.59 Å². The fourth-order valence-corrected chi connectivity index (χ4v) is 5.23. The highest BCUT2D eigenvalue weighted by molar-refractivity contribution is 5.99. The standard InChI is InChI=1S/C32H33NO7/c1-6-38-25-13-10-21(18-27(25)39-7-2)29-28-30(34)22-16-19(3)8-11-23(22)40-31(28)32(35)33(29)15-14-20-9-12-24(36-4)26(17-20)37-5/h8-13,16-18,29H,6-7,14-15H2,1-5H3. The summed E-state index contributed by atoms with van der Waals surface area (Å²) in [5, 5.41) is 0.453. The Morgan fingerprint density at radius 2 is 1.55 bits per heavy atom. The molecule has 0 radical (unpaired) electrons. The molecule has 8 nitrogen and oxygen atoms in total. The van der Waals surface area contributed by atoms with Crippen LogP contribution in [-0.2, 0) is 6.42 Å². The number of aryl methyl sites for hydroxylation is 1. The van der Waals surface area contributed by atoms with Crippen LogP contribution in [0.2, 0.25) is 0 Å². The summed E-state index contributed by atoms with van der Waals surface area (Å²) in [5.74, 6) is 2.15. The first-order valence-corrected chi connectivity index (χ1v) is 13.4. The first kappa shape index (κ1) is 27.1. The Labute approximate surface area is 233 Å². The van der Waals surface area contributed by atoms with Crippen LogP contribution in [0.25, 0.3) is 11.0 Å². The van der Waals surface area contributed by atoms with Crippen molar-refractivity contribution in [3.8, 4) is 23.0 Å². The van der Waals surface area contributed by atoms with Crippen molar-refractivity contribution < 1.29 is 28.2 Å². The second-order valence-corrected chi connectivity index (χ2v) is 9.59. The van der Waals surface area contributed by atoms with Gasteiger partial charge in [0.1, 0.15) is 5.58 Å². The van der Waals surface area contributed by atoms with Crippen molar-refractivity contribution in [2.45, 2.75) is 33.2 Å². The summed E-state index contributed by atoms with van der Waals surface area (Å²) in [7, 11) is 3.18. The van der Waals surface area contributed by atoms with E-state index in [4.69, 9.17) is 23.4 Å². The number of carbonyl (C=O) groups is 1. The van der Waals surface area contributed by atoms with Crippen molar-refractivity contribution in [3.63, 3.8) is 0 Å². The van der Waals surface area contributed by atoms with Gasteiger partial charge in [-0.15, -0.1) is 0 Å². The van der Waals surface area contributed by atoms with Crippen molar-refractivity contribution in [3.05, 3.63) is 92.8 Å². The van der Waals surface area contributed by atoms with Crippen LogP contribution in [0.5, 0.6) is 23.0 Å². The molecular formula is C32H33NO7. The highest BCUT2D eigenvalue weighted by atomic mass is 16.5. The Balaban J connectivity index is 1.62. The van der Waals surface area contributed by atoms with E-state index in [2.05, 4.69) is 0 Å². The molecule has 1 atom stereocenters. The average molecular weight is 544 g/mol. The van der Waals surface area contributed by atoms with E-state index in [-0.39, 0.29) is 17.1 Å². The van der Waals surface area contributed by atoms with Gasteiger partial charge in [0.15, 0.2) is 28.4 Å². The maximum atomic E-state index is 13.9. The van der Waals surface area contributed by atoms with E-state index in [1.807, 2.05) is 63.2 Å². The zero-order valence-corrected chi connectivity index (χ0v) is 23.4. The molecule has 1 aliphatic heterocycles. The minimum absolute atomic E-state index is 0.0745. The van der Waals surface area contributed by atoms with E-state index in [0.717, 1.165) is 16.7 Å². The van der Waals surface area contributed by atoms with Crippen LogP contribution >= 0.6 is 0 Å². The van der Waals surface area contributed by atoms with Gasteiger partial charge in [-0.25, -0.2) is 0 Å². The molecule has 1 aliphatic rings. The molecule has 0 N–H and O–H groups in total. The van der Waals surface area contributed by atoms with Crippen molar-refractivity contribution in [1.82, 2.24) is 4.90 Å². The summed E-state index contributed by atoms with van der Waals surface area (Å²) in [4.78, 5) is 29.5. The van der Waals surface area contributed by atoms with Gasteiger partial charge in [-0.3, -0.25) is 9.59 Å². The Bertz CT molecular complexity index is 1620. The number of hydrogen-bond acceptors (Lipinski definition) is 7. The van der Waals surface area contributed by atoms with Crippen molar-refractivity contribution in [2.75, 3.05) is 34.0 Å².